The highest BCUT2D eigenvalue weighted by Crippen LogP contribution is 2.36. The minimum Gasteiger partial charge on any atom is -0.455 e. The number of hydrogen-bond donors (Lipinski definition) is 0. The van der Waals surface area contributed by atoms with Gasteiger partial charge in [-0.1, -0.05) is 13.8 Å². The van der Waals surface area contributed by atoms with Crippen LogP contribution in [-0.4, -0.2) is 54.6 Å². The molecule has 2 rings (SSSR count). The van der Waals surface area contributed by atoms with Gasteiger partial charge < -0.3 is 23.1 Å². The van der Waals surface area contributed by atoms with Gasteiger partial charge in [0, 0.05) is 13.2 Å². The molecule has 2 aliphatic heterocycles. The number of rotatable bonds is 12. The molecular weight excluding hydrogens is 328 g/mol. The van der Waals surface area contributed by atoms with Gasteiger partial charge in [0.25, 0.3) is 0 Å². The number of epoxide rings is 2. The van der Waals surface area contributed by atoms with E-state index in [4.69, 9.17) is 23.1 Å². The van der Waals surface area contributed by atoms with Gasteiger partial charge in [0.1, 0.15) is 12.2 Å². The lowest BCUT2D eigenvalue weighted by atomic mass is 10.5. The predicted molar refractivity (Wildman–Crippen MR) is 95.5 cm³/mol. The van der Waals surface area contributed by atoms with Crippen LogP contribution < -0.4 is 0 Å². The highest BCUT2D eigenvalue weighted by Gasteiger charge is 2.49. The third-order valence-electron chi connectivity index (χ3n) is 3.98. The summed E-state index contributed by atoms with van der Waals surface area (Å²) in [5.74, 6) is 0. The zero-order chi connectivity index (χ0) is 17.1. The Kier molecular flexibility index (Phi) is 6.87. The van der Waals surface area contributed by atoms with Gasteiger partial charge >= 0.3 is 0 Å². The predicted octanol–water partition coefficient (Wildman–Crippen LogP) is 3.72. The molecule has 23 heavy (non-hydrogen) atoms. The molecule has 0 amide bonds. The van der Waals surface area contributed by atoms with Crippen molar-refractivity contribution in [3.05, 3.63) is 0 Å². The minimum atomic E-state index is -1.75. The van der Waals surface area contributed by atoms with Gasteiger partial charge in [-0.25, -0.2) is 0 Å². The molecule has 2 aliphatic rings. The molecule has 7 heteroatoms. The molecular formula is C16H34O5Si2. The maximum atomic E-state index is 6.64. The van der Waals surface area contributed by atoms with Gasteiger partial charge in [0.05, 0.1) is 0 Å². The van der Waals surface area contributed by atoms with Crippen LogP contribution in [0.15, 0.2) is 0 Å². The smallest absolute Gasteiger partial charge is 0.184 e. The quantitative estimate of drug-likeness (QED) is 0.391. The van der Waals surface area contributed by atoms with E-state index in [0.717, 1.165) is 38.1 Å². The van der Waals surface area contributed by atoms with E-state index in [0.29, 0.717) is 0 Å². The van der Waals surface area contributed by atoms with Crippen molar-refractivity contribution in [1.82, 2.24) is 0 Å². The van der Waals surface area contributed by atoms with Crippen molar-refractivity contribution in [2.75, 3.05) is 13.2 Å². The van der Waals surface area contributed by atoms with Crippen molar-refractivity contribution in [1.29, 1.82) is 0 Å². The van der Waals surface area contributed by atoms with E-state index in [2.05, 4.69) is 40.0 Å². The van der Waals surface area contributed by atoms with Crippen LogP contribution >= 0.6 is 0 Å². The Morgan fingerprint density at radius 2 is 1.13 bits per heavy atom. The van der Waals surface area contributed by atoms with Crippen LogP contribution in [0.4, 0.5) is 0 Å². The van der Waals surface area contributed by atoms with Crippen molar-refractivity contribution >= 4 is 16.6 Å². The highest BCUT2D eigenvalue weighted by molar-refractivity contribution is 6.85. The molecule has 2 saturated heterocycles. The summed E-state index contributed by atoms with van der Waals surface area (Å²) in [7, 11) is -3.49. The Morgan fingerprint density at radius 1 is 0.739 bits per heavy atom. The van der Waals surface area contributed by atoms with Crippen molar-refractivity contribution in [2.45, 2.75) is 89.8 Å². The van der Waals surface area contributed by atoms with Crippen LogP contribution in [0.25, 0.3) is 0 Å². The lowest BCUT2D eigenvalue weighted by Crippen LogP contribution is -2.46. The molecule has 0 aromatic heterocycles. The topological polar surface area (TPSA) is 52.8 Å². The average Bonchev–Trinajstić information content (AvgIpc) is 3.31. The largest absolute Gasteiger partial charge is 0.455 e. The standard InChI is InChI=1S/C16H34O5Si2/c1-7-9-17-15-13(19-15)11-22(3,4)21-23(5,6)12-14-16(20-14)18-10-8-2/h13-16H,7-12H2,1-6H3. The summed E-state index contributed by atoms with van der Waals surface area (Å²) in [6.45, 7) is 15.0. The molecule has 0 aliphatic carbocycles. The van der Waals surface area contributed by atoms with Crippen molar-refractivity contribution < 1.29 is 23.1 Å². The molecule has 4 unspecified atom stereocenters. The Balaban J connectivity index is 1.69. The van der Waals surface area contributed by atoms with Crippen molar-refractivity contribution in [3.63, 3.8) is 0 Å². The fourth-order valence-corrected chi connectivity index (χ4v) is 12.3. The van der Waals surface area contributed by atoms with Crippen LogP contribution in [0.5, 0.6) is 0 Å². The summed E-state index contributed by atoms with van der Waals surface area (Å²) >= 11 is 0. The van der Waals surface area contributed by atoms with E-state index in [1.54, 1.807) is 0 Å². The van der Waals surface area contributed by atoms with E-state index >= 15 is 0 Å². The maximum absolute atomic E-state index is 6.64. The first-order chi connectivity index (χ1) is 10.8. The average molecular weight is 363 g/mol. The summed E-state index contributed by atoms with van der Waals surface area (Å²) in [5.41, 5.74) is 0. The van der Waals surface area contributed by atoms with Crippen LogP contribution in [0.2, 0.25) is 38.3 Å². The second-order valence-corrected chi connectivity index (χ2v) is 16.5. The van der Waals surface area contributed by atoms with Crippen LogP contribution in [0.1, 0.15) is 26.7 Å². The molecule has 0 bridgehead atoms. The number of hydrogen-bond acceptors (Lipinski definition) is 5. The summed E-state index contributed by atoms with van der Waals surface area (Å²) in [4.78, 5) is 0. The summed E-state index contributed by atoms with van der Waals surface area (Å²) in [6.07, 6.45) is 2.57. The molecule has 0 N–H and O–H groups in total. The molecule has 4 atom stereocenters. The fraction of sp³-hybridized carbons (Fsp3) is 1.00. The number of ether oxygens (including phenoxy) is 4. The van der Waals surface area contributed by atoms with Crippen LogP contribution in [-0.2, 0) is 23.1 Å². The Labute approximate surface area is 143 Å². The fourth-order valence-electron chi connectivity index (χ4n) is 3.10. The first-order valence-electron chi connectivity index (χ1n) is 9.00. The van der Waals surface area contributed by atoms with Crippen LogP contribution in [0, 0.1) is 0 Å². The summed E-state index contributed by atoms with van der Waals surface area (Å²) in [6, 6.07) is 2.03. The maximum Gasteiger partial charge on any atom is 0.184 e. The van der Waals surface area contributed by atoms with Gasteiger partial charge in [-0.3, -0.25) is 0 Å². The molecule has 0 saturated carbocycles. The van der Waals surface area contributed by atoms with Gasteiger partial charge in [-0.05, 0) is 51.1 Å². The zero-order valence-electron chi connectivity index (χ0n) is 15.6. The van der Waals surface area contributed by atoms with Crippen molar-refractivity contribution in [3.8, 4) is 0 Å². The third kappa shape index (κ3) is 6.93. The summed E-state index contributed by atoms with van der Waals surface area (Å²) in [5, 5.41) is 0. The molecule has 5 nitrogen and oxygen atoms in total. The Morgan fingerprint density at radius 3 is 1.48 bits per heavy atom. The van der Waals surface area contributed by atoms with E-state index in [-0.39, 0.29) is 24.8 Å². The summed E-state index contributed by atoms with van der Waals surface area (Å²) < 4.78 is 29.2. The van der Waals surface area contributed by atoms with Gasteiger partial charge in [-0.15, -0.1) is 0 Å². The van der Waals surface area contributed by atoms with Crippen LogP contribution in [0.3, 0.4) is 0 Å². The first kappa shape index (κ1) is 19.6. The lowest BCUT2D eigenvalue weighted by molar-refractivity contribution is 0.0505. The highest BCUT2D eigenvalue weighted by atomic mass is 28.4. The third-order valence-corrected chi connectivity index (χ3v) is 11.2. The SMILES string of the molecule is CCCOC1OC1C[Si](C)(C)O[Si](C)(C)CC1OC1OCCC. The minimum absolute atomic E-state index is 0.00805. The van der Waals surface area contributed by atoms with Crippen molar-refractivity contribution in [2.24, 2.45) is 0 Å². The zero-order valence-corrected chi connectivity index (χ0v) is 17.6. The molecule has 2 fully saturated rings. The van der Waals surface area contributed by atoms with Gasteiger partial charge in [0.2, 0.25) is 0 Å². The monoisotopic (exact) mass is 362 g/mol. The van der Waals surface area contributed by atoms with E-state index in [9.17, 15) is 0 Å². The van der Waals surface area contributed by atoms with E-state index in [1.165, 1.54) is 0 Å². The molecule has 0 aromatic carbocycles. The Bertz CT molecular complexity index is 343. The van der Waals surface area contributed by atoms with E-state index < -0.39 is 16.6 Å². The molecule has 2 heterocycles. The first-order valence-corrected chi connectivity index (χ1v) is 15.2. The van der Waals surface area contributed by atoms with E-state index in [1.807, 2.05) is 0 Å². The molecule has 0 spiro atoms. The second kappa shape index (κ2) is 8.08. The normalized spacial score (nSPS) is 30.5. The van der Waals surface area contributed by atoms with Gasteiger partial charge in [0.15, 0.2) is 29.2 Å². The molecule has 0 aromatic rings. The molecule has 0 radical (unpaired) electrons. The molecule has 136 valence electrons. The Hall–Kier alpha value is 0.234. The van der Waals surface area contributed by atoms with Gasteiger partial charge in [-0.2, -0.15) is 0 Å². The lowest BCUT2D eigenvalue weighted by Gasteiger charge is -2.33. The second-order valence-electron chi connectivity index (χ2n) is 7.86.